The summed E-state index contributed by atoms with van der Waals surface area (Å²) >= 11 is -1.77. The van der Waals surface area contributed by atoms with E-state index in [0.29, 0.717) is 0 Å². The van der Waals surface area contributed by atoms with Crippen molar-refractivity contribution in [1.29, 1.82) is 0 Å². The van der Waals surface area contributed by atoms with Gasteiger partial charge in [-0.15, -0.1) is 0 Å². The summed E-state index contributed by atoms with van der Waals surface area (Å²) in [5, 5.41) is 2.62. The third kappa shape index (κ3) is 2.82. The summed E-state index contributed by atoms with van der Waals surface area (Å²) in [5.74, 6) is 7.32. The van der Waals surface area contributed by atoms with E-state index >= 15 is 0 Å². The van der Waals surface area contributed by atoms with Gasteiger partial charge in [-0.05, 0) is 0 Å². The van der Waals surface area contributed by atoms with Crippen LogP contribution in [-0.2, 0) is 7.05 Å². The molecule has 0 unspecified atom stereocenters. The minimum atomic E-state index is -1.77. The molecular formula is C20H24GeN+. The number of hydrogen-bond acceptors (Lipinski definition) is 0. The van der Waals surface area contributed by atoms with Gasteiger partial charge in [-0.2, -0.15) is 0 Å². The first-order valence-electron chi connectivity index (χ1n) is 7.86. The molecular weight excluding hydrogens is 327 g/mol. The van der Waals surface area contributed by atoms with Gasteiger partial charge in [0.1, 0.15) is 0 Å². The molecule has 22 heavy (non-hydrogen) atoms. The number of aromatic nitrogens is 1. The zero-order chi connectivity index (χ0) is 15.9. The standard InChI is InChI=1S/C20H24GeN/c1-15-12-16-8-6-7-9-17(16)13-19(15)20-11-10-18(14-22(20)5)21(2,3)4/h6-14H,1-5H3/q+1. The second-order valence-corrected chi connectivity index (χ2v) is 17.8. The van der Waals surface area contributed by atoms with Crippen LogP contribution < -0.4 is 8.96 Å². The molecule has 112 valence electrons. The van der Waals surface area contributed by atoms with Gasteiger partial charge in [-0.3, -0.25) is 0 Å². The molecule has 3 aromatic rings. The van der Waals surface area contributed by atoms with Crippen molar-refractivity contribution in [1.82, 2.24) is 0 Å². The van der Waals surface area contributed by atoms with Gasteiger partial charge >= 0.3 is 136 Å². The molecule has 0 aliphatic carbocycles. The van der Waals surface area contributed by atoms with Crippen molar-refractivity contribution in [3.05, 3.63) is 60.3 Å². The van der Waals surface area contributed by atoms with E-state index in [1.807, 2.05) is 0 Å². The van der Waals surface area contributed by atoms with E-state index in [2.05, 4.69) is 90.5 Å². The molecule has 1 aromatic heterocycles. The summed E-state index contributed by atoms with van der Waals surface area (Å²) < 4.78 is 3.84. The van der Waals surface area contributed by atoms with Gasteiger partial charge in [-0.25, -0.2) is 0 Å². The molecule has 0 fully saturated rings. The second-order valence-electron chi connectivity index (χ2n) is 7.18. The first kappa shape index (κ1) is 15.3. The van der Waals surface area contributed by atoms with Crippen LogP contribution in [0.5, 0.6) is 0 Å². The molecule has 0 N–H and O–H groups in total. The number of hydrogen-bond donors (Lipinski definition) is 0. The molecule has 0 atom stereocenters. The molecule has 1 heterocycles. The normalized spacial score (nSPS) is 11.9. The Labute approximate surface area is 136 Å². The molecule has 0 aliphatic rings. The summed E-state index contributed by atoms with van der Waals surface area (Å²) in [6.07, 6.45) is 2.34. The van der Waals surface area contributed by atoms with E-state index in [9.17, 15) is 0 Å². The fraction of sp³-hybridized carbons (Fsp3) is 0.250. The number of nitrogens with zero attached hydrogens (tertiary/aromatic N) is 1. The Kier molecular flexibility index (Phi) is 3.86. The van der Waals surface area contributed by atoms with Crippen molar-refractivity contribution in [2.45, 2.75) is 24.2 Å². The van der Waals surface area contributed by atoms with Crippen LogP contribution in [0.4, 0.5) is 0 Å². The van der Waals surface area contributed by atoms with Crippen molar-refractivity contribution in [2.75, 3.05) is 0 Å². The van der Waals surface area contributed by atoms with E-state index in [1.165, 1.54) is 27.6 Å². The fourth-order valence-corrected chi connectivity index (χ4v) is 5.40. The summed E-state index contributed by atoms with van der Waals surface area (Å²) in [5.41, 5.74) is 3.95. The van der Waals surface area contributed by atoms with Crippen LogP contribution in [0.2, 0.25) is 17.3 Å². The Hall–Kier alpha value is -1.61. The molecule has 1 nitrogen and oxygen atoms in total. The average Bonchev–Trinajstić information content (AvgIpc) is 2.46. The maximum atomic E-state index is 2.44. The van der Waals surface area contributed by atoms with Crippen LogP contribution in [-0.4, -0.2) is 13.3 Å². The van der Waals surface area contributed by atoms with Crippen molar-refractivity contribution >= 4 is 28.4 Å². The van der Waals surface area contributed by atoms with E-state index < -0.39 is 13.3 Å². The molecule has 0 amide bonds. The molecule has 0 saturated carbocycles. The second kappa shape index (κ2) is 5.55. The maximum absolute atomic E-state index is 2.44. The summed E-state index contributed by atoms with van der Waals surface area (Å²) in [7, 11) is 2.17. The number of fused-ring (bicyclic) bond motifs is 1. The van der Waals surface area contributed by atoms with Crippen LogP contribution >= 0.6 is 0 Å². The molecule has 0 radical (unpaired) electrons. The summed E-state index contributed by atoms with van der Waals surface area (Å²) in [4.78, 5) is 0. The Bertz CT molecular complexity index is 844. The molecule has 2 heteroatoms. The van der Waals surface area contributed by atoms with Crippen LogP contribution in [0.15, 0.2) is 54.7 Å². The van der Waals surface area contributed by atoms with Crippen LogP contribution in [0.1, 0.15) is 5.56 Å². The molecule has 2 aromatic carbocycles. The average molecular weight is 351 g/mol. The predicted octanol–water partition coefficient (Wildman–Crippen LogP) is 4.18. The monoisotopic (exact) mass is 352 g/mol. The number of pyridine rings is 1. The summed E-state index contributed by atoms with van der Waals surface area (Å²) in [6, 6.07) is 17.8. The summed E-state index contributed by atoms with van der Waals surface area (Å²) in [6.45, 7) is 2.21. The van der Waals surface area contributed by atoms with Crippen LogP contribution in [0, 0.1) is 6.92 Å². The van der Waals surface area contributed by atoms with Crippen molar-refractivity contribution in [3.63, 3.8) is 0 Å². The topological polar surface area (TPSA) is 3.88 Å². The van der Waals surface area contributed by atoms with E-state index in [1.54, 1.807) is 4.40 Å². The van der Waals surface area contributed by atoms with E-state index in [-0.39, 0.29) is 0 Å². The van der Waals surface area contributed by atoms with Crippen molar-refractivity contribution < 1.29 is 4.57 Å². The molecule has 0 aliphatic heterocycles. The van der Waals surface area contributed by atoms with E-state index in [4.69, 9.17) is 0 Å². The SMILES string of the molecule is Cc1cc2ccccc2cc1-c1cc[c]([Ge]([CH3])([CH3])[CH3])c[n+]1C. The van der Waals surface area contributed by atoms with E-state index in [0.717, 1.165) is 0 Å². The first-order chi connectivity index (χ1) is 10.4. The number of benzene rings is 2. The van der Waals surface area contributed by atoms with Crippen molar-refractivity contribution in [3.8, 4) is 11.3 Å². The Balaban J connectivity index is 2.17. The van der Waals surface area contributed by atoms with Gasteiger partial charge in [0.2, 0.25) is 0 Å². The minimum absolute atomic E-state index is 1.29. The Morgan fingerprint density at radius 2 is 1.50 bits per heavy atom. The zero-order valence-corrected chi connectivity index (χ0v) is 16.2. The van der Waals surface area contributed by atoms with Gasteiger partial charge in [0.15, 0.2) is 0 Å². The zero-order valence-electron chi connectivity index (χ0n) is 14.1. The van der Waals surface area contributed by atoms with Gasteiger partial charge in [-0.1, -0.05) is 0 Å². The predicted molar refractivity (Wildman–Crippen MR) is 98.3 cm³/mol. The van der Waals surface area contributed by atoms with Gasteiger partial charge < -0.3 is 0 Å². The fourth-order valence-electron chi connectivity index (χ4n) is 2.96. The van der Waals surface area contributed by atoms with Gasteiger partial charge in [0, 0.05) is 0 Å². The third-order valence-corrected chi connectivity index (χ3v) is 8.62. The van der Waals surface area contributed by atoms with Crippen LogP contribution in [0.25, 0.3) is 22.0 Å². The molecule has 0 spiro atoms. The number of rotatable bonds is 2. The van der Waals surface area contributed by atoms with Crippen molar-refractivity contribution in [2.24, 2.45) is 7.05 Å². The first-order valence-corrected chi connectivity index (χ1v) is 15.2. The van der Waals surface area contributed by atoms with Gasteiger partial charge in [0.05, 0.1) is 0 Å². The third-order valence-electron chi connectivity index (χ3n) is 4.37. The molecule has 0 bridgehead atoms. The Morgan fingerprint density at radius 1 is 0.864 bits per heavy atom. The van der Waals surface area contributed by atoms with Crippen LogP contribution in [0.3, 0.4) is 0 Å². The van der Waals surface area contributed by atoms with Gasteiger partial charge in [0.25, 0.3) is 0 Å². The molecule has 3 rings (SSSR count). The Morgan fingerprint density at radius 3 is 2.09 bits per heavy atom. The quantitative estimate of drug-likeness (QED) is 0.482. The molecule has 0 saturated heterocycles. The number of aryl methyl sites for hydroxylation is 2.